The summed E-state index contributed by atoms with van der Waals surface area (Å²) in [7, 11) is 2.26. The zero-order chi connectivity index (χ0) is 10.5. The lowest BCUT2D eigenvalue weighted by Crippen LogP contribution is -2.37. The van der Waals surface area contributed by atoms with Crippen molar-refractivity contribution in [2.24, 2.45) is 0 Å². The van der Waals surface area contributed by atoms with Crippen LogP contribution in [0.5, 0.6) is 0 Å². The van der Waals surface area contributed by atoms with Crippen molar-refractivity contribution in [1.29, 1.82) is 0 Å². The molecule has 0 radical (unpaired) electrons. The van der Waals surface area contributed by atoms with Crippen LogP contribution >= 0.6 is 0 Å². The molecule has 2 rings (SSSR count). The normalized spacial score (nSPS) is 28.0. The van der Waals surface area contributed by atoms with Gasteiger partial charge in [0.05, 0.1) is 0 Å². The third-order valence-corrected chi connectivity index (χ3v) is 3.64. The summed E-state index contributed by atoms with van der Waals surface area (Å²) in [5, 5.41) is 7.15. The number of rotatable bonds is 5. The van der Waals surface area contributed by atoms with Gasteiger partial charge in [-0.3, -0.25) is 0 Å². The van der Waals surface area contributed by atoms with Crippen LogP contribution in [0, 0.1) is 0 Å². The first-order valence-corrected chi connectivity index (χ1v) is 6.50. The first-order valence-electron chi connectivity index (χ1n) is 6.50. The molecule has 1 saturated heterocycles. The average molecular weight is 211 g/mol. The molecular formula is C12H25N3. The highest BCUT2D eigenvalue weighted by atomic mass is 15.2. The molecule has 1 unspecified atom stereocenters. The summed E-state index contributed by atoms with van der Waals surface area (Å²) in [6.45, 7) is 4.78. The Kier molecular flexibility index (Phi) is 4.42. The Bertz CT molecular complexity index is 172. The maximum atomic E-state index is 3.69. The molecule has 2 N–H and O–H groups in total. The largest absolute Gasteiger partial charge is 0.317 e. The van der Waals surface area contributed by atoms with Gasteiger partial charge in [0.25, 0.3) is 0 Å². The summed E-state index contributed by atoms with van der Waals surface area (Å²) < 4.78 is 0. The number of nitrogens with zero attached hydrogens (tertiary/aromatic N) is 1. The predicted molar refractivity (Wildman–Crippen MR) is 64.2 cm³/mol. The molecule has 0 aromatic carbocycles. The van der Waals surface area contributed by atoms with Crippen molar-refractivity contribution in [3.8, 4) is 0 Å². The fourth-order valence-corrected chi connectivity index (χ4v) is 2.37. The molecule has 15 heavy (non-hydrogen) atoms. The first-order chi connectivity index (χ1) is 7.36. The molecule has 0 bridgehead atoms. The lowest BCUT2D eigenvalue weighted by atomic mass is 10.1. The Morgan fingerprint density at radius 2 is 2.07 bits per heavy atom. The summed E-state index contributed by atoms with van der Waals surface area (Å²) in [4.78, 5) is 2.50. The highest BCUT2D eigenvalue weighted by Gasteiger charge is 2.25. The van der Waals surface area contributed by atoms with Crippen molar-refractivity contribution < 1.29 is 0 Å². The Morgan fingerprint density at radius 1 is 1.20 bits per heavy atom. The number of hydrogen-bond acceptors (Lipinski definition) is 3. The van der Waals surface area contributed by atoms with Gasteiger partial charge in [-0.25, -0.2) is 0 Å². The lowest BCUT2D eigenvalue weighted by molar-refractivity contribution is 0.310. The van der Waals surface area contributed by atoms with Gasteiger partial charge < -0.3 is 15.5 Å². The van der Waals surface area contributed by atoms with Gasteiger partial charge in [0.1, 0.15) is 0 Å². The van der Waals surface area contributed by atoms with Crippen molar-refractivity contribution >= 4 is 0 Å². The third kappa shape index (κ3) is 4.09. The maximum absolute atomic E-state index is 3.69. The molecule has 2 fully saturated rings. The van der Waals surface area contributed by atoms with Gasteiger partial charge >= 0.3 is 0 Å². The molecule has 0 aromatic heterocycles. The Labute approximate surface area is 93.6 Å². The second-order valence-corrected chi connectivity index (χ2v) is 5.04. The summed E-state index contributed by atoms with van der Waals surface area (Å²) in [5.74, 6) is 0. The fourth-order valence-electron chi connectivity index (χ4n) is 2.37. The summed E-state index contributed by atoms with van der Waals surface area (Å²) in [6.07, 6.45) is 6.82. The highest BCUT2D eigenvalue weighted by Crippen LogP contribution is 2.24. The molecule has 0 aromatic rings. The zero-order valence-corrected chi connectivity index (χ0v) is 9.97. The van der Waals surface area contributed by atoms with Gasteiger partial charge in [-0.1, -0.05) is 0 Å². The highest BCUT2D eigenvalue weighted by molar-refractivity contribution is 4.83. The molecule has 0 spiro atoms. The van der Waals surface area contributed by atoms with E-state index in [0.717, 1.165) is 18.6 Å². The number of likely N-dealkylation sites (N-methyl/N-ethyl adjacent to an activating group) is 1. The van der Waals surface area contributed by atoms with E-state index in [2.05, 4.69) is 22.6 Å². The van der Waals surface area contributed by atoms with Crippen molar-refractivity contribution in [2.75, 3.05) is 33.2 Å². The van der Waals surface area contributed by atoms with E-state index in [1.807, 2.05) is 0 Å². The summed E-state index contributed by atoms with van der Waals surface area (Å²) >= 11 is 0. The molecule has 1 saturated carbocycles. The van der Waals surface area contributed by atoms with E-state index in [1.54, 1.807) is 0 Å². The van der Waals surface area contributed by atoms with Crippen LogP contribution in [0.4, 0.5) is 0 Å². The van der Waals surface area contributed by atoms with Gasteiger partial charge in [-0.2, -0.15) is 0 Å². The van der Waals surface area contributed by atoms with Gasteiger partial charge in [-0.15, -0.1) is 0 Å². The van der Waals surface area contributed by atoms with E-state index in [1.165, 1.54) is 51.7 Å². The van der Waals surface area contributed by atoms with Crippen molar-refractivity contribution in [1.82, 2.24) is 15.5 Å². The van der Waals surface area contributed by atoms with E-state index in [4.69, 9.17) is 0 Å². The van der Waals surface area contributed by atoms with Crippen molar-refractivity contribution in [2.45, 2.75) is 44.2 Å². The summed E-state index contributed by atoms with van der Waals surface area (Å²) in [6, 6.07) is 1.66. The predicted octanol–water partition coefficient (Wildman–Crippen LogP) is 0.812. The minimum absolute atomic E-state index is 0.757. The van der Waals surface area contributed by atoms with E-state index in [9.17, 15) is 0 Å². The standard InChI is InChI=1S/C12H25N3/c1-15(12-4-5-12)10-9-14-11-3-2-7-13-8-6-11/h11-14H,2-10H2,1H3. The molecule has 1 atom stereocenters. The molecule has 3 heteroatoms. The molecule has 1 heterocycles. The number of nitrogens with one attached hydrogen (secondary N) is 2. The summed E-state index contributed by atoms with van der Waals surface area (Å²) in [5.41, 5.74) is 0. The van der Waals surface area contributed by atoms with Crippen LogP contribution in [0.2, 0.25) is 0 Å². The SMILES string of the molecule is CN(CCNC1CCCNCC1)C1CC1. The number of hydrogen-bond donors (Lipinski definition) is 2. The molecule has 88 valence electrons. The fraction of sp³-hybridized carbons (Fsp3) is 1.00. The zero-order valence-electron chi connectivity index (χ0n) is 9.97. The molecule has 0 amide bonds. The Hall–Kier alpha value is -0.120. The molecule has 2 aliphatic rings. The van der Waals surface area contributed by atoms with Crippen LogP contribution < -0.4 is 10.6 Å². The Morgan fingerprint density at radius 3 is 2.87 bits per heavy atom. The second kappa shape index (κ2) is 5.83. The maximum Gasteiger partial charge on any atom is 0.0107 e. The third-order valence-electron chi connectivity index (χ3n) is 3.64. The van der Waals surface area contributed by atoms with E-state index in [-0.39, 0.29) is 0 Å². The van der Waals surface area contributed by atoms with Gasteiger partial charge in [0.2, 0.25) is 0 Å². The minimum Gasteiger partial charge on any atom is -0.317 e. The van der Waals surface area contributed by atoms with Crippen LogP contribution in [-0.4, -0.2) is 50.2 Å². The van der Waals surface area contributed by atoms with Crippen LogP contribution in [0.15, 0.2) is 0 Å². The van der Waals surface area contributed by atoms with E-state index >= 15 is 0 Å². The quantitative estimate of drug-likeness (QED) is 0.705. The molecule has 3 nitrogen and oxygen atoms in total. The smallest absolute Gasteiger partial charge is 0.0107 e. The minimum atomic E-state index is 0.757. The van der Waals surface area contributed by atoms with Crippen LogP contribution in [0.1, 0.15) is 32.1 Å². The van der Waals surface area contributed by atoms with Crippen molar-refractivity contribution in [3.63, 3.8) is 0 Å². The van der Waals surface area contributed by atoms with Crippen LogP contribution in [-0.2, 0) is 0 Å². The van der Waals surface area contributed by atoms with Crippen LogP contribution in [0.3, 0.4) is 0 Å². The van der Waals surface area contributed by atoms with E-state index < -0.39 is 0 Å². The first kappa shape index (κ1) is 11.4. The van der Waals surface area contributed by atoms with Gasteiger partial charge in [0, 0.05) is 25.2 Å². The molecule has 1 aliphatic carbocycles. The van der Waals surface area contributed by atoms with Gasteiger partial charge in [-0.05, 0) is 52.2 Å². The van der Waals surface area contributed by atoms with Gasteiger partial charge in [0.15, 0.2) is 0 Å². The van der Waals surface area contributed by atoms with Crippen molar-refractivity contribution in [3.05, 3.63) is 0 Å². The van der Waals surface area contributed by atoms with Crippen LogP contribution in [0.25, 0.3) is 0 Å². The average Bonchev–Trinajstić information content (AvgIpc) is 3.06. The molecular weight excluding hydrogens is 186 g/mol. The lowest BCUT2D eigenvalue weighted by Gasteiger charge is -2.20. The monoisotopic (exact) mass is 211 g/mol. The van der Waals surface area contributed by atoms with E-state index in [0.29, 0.717) is 0 Å². The molecule has 1 aliphatic heterocycles. The topological polar surface area (TPSA) is 27.3 Å². The Balaban J connectivity index is 1.55. The second-order valence-electron chi connectivity index (χ2n) is 5.04.